The fraction of sp³-hybridized carbons (Fsp3) is 0.611. The summed E-state index contributed by atoms with van der Waals surface area (Å²) in [5, 5.41) is 0. The summed E-state index contributed by atoms with van der Waals surface area (Å²) in [5.41, 5.74) is 2.05. The molecule has 0 bridgehead atoms. The second-order valence-corrected chi connectivity index (χ2v) is 6.54. The number of hydrogen-bond acceptors (Lipinski definition) is 2. The van der Waals surface area contributed by atoms with Gasteiger partial charge in [-0.3, -0.25) is 4.79 Å². The molecule has 0 radical (unpaired) electrons. The second kappa shape index (κ2) is 7.98. The number of likely N-dealkylation sites (tertiary alicyclic amines) is 1. The van der Waals surface area contributed by atoms with Crippen LogP contribution in [0.5, 0.6) is 5.75 Å². The van der Waals surface area contributed by atoms with Crippen LogP contribution in [-0.4, -0.2) is 31.5 Å². The molecule has 3 nitrogen and oxygen atoms in total. The Morgan fingerprint density at radius 2 is 1.95 bits per heavy atom. The normalized spacial score (nSPS) is 21.4. The van der Waals surface area contributed by atoms with Crippen molar-refractivity contribution in [3.05, 3.63) is 29.3 Å². The highest BCUT2D eigenvalue weighted by Crippen LogP contribution is 2.29. The Hall–Kier alpha value is -1.06. The van der Waals surface area contributed by atoms with E-state index >= 15 is 0 Å². The number of ketones is 1. The van der Waals surface area contributed by atoms with E-state index in [9.17, 15) is 4.79 Å². The second-order valence-electron chi connectivity index (χ2n) is 6.54. The molecule has 4 heteroatoms. The predicted molar refractivity (Wildman–Crippen MR) is 83.2 cm³/mol. The average molecular weight is 324 g/mol. The van der Waals surface area contributed by atoms with Crippen LogP contribution in [0.2, 0.25) is 0 Å². The van der Waals surface area contributed by atoms with E-state index in [1.165, 1.54) is 44.3 Å². The average Bonchev–Trinajstić information content (AvgIpc) is 2.69. The van der Waals surface area contributed by atoms with Crippen LogP contribution in [0.25, 0.3) is 0 Å². The summed E-state index contributed by atoms with van der Waals surface area (Å²) in [4.78, 5) is 14.0. The molecule has 0 spiro atoms. The molecule has 22 heavy (non-hydrogen) atoms. The Bertz CT molecular complexity index is 510. The van der Waals surface area contributed by atoms with Gasteiger partial charge in [0, 0.05) is 12.0 Å². The molecule has 0 aliphatic carbocycles. The van der Waals surface area contributed by atoms with E-state index in [1.54, 1.807) is 4.90 Å². The van der Waals surface area contributed by atoms with Crippen LogP contribution in [0.1, 0.15) is 54.9 Å². The molecule has 1 fully saturated rings. The van der Waals surface area contributed by atoms with Gasteiger partial charge in [0.2, 0.25) is 0 Å². The minimum atomic E-state index is 0. The van der Waals surface area contributed by atoms with Gasteiger partial charge in [-0.2, -0.15) is 0 Å². The Morgan fingerprint density at radius 1 is 1.23 bits per heavy atom. The molecule has 1 aromatic rings. The fourth-order valence-electron chi connectivity index (χ4n) is 3.51. The number of carbonyl (C=O) groups is 1. The first-order valence-electron chi connectivity index (χ1n) is 8.39. The third-order valence-corrected chi connectivity index (χ3v) is 4.73. The van der Waals surface area contributed by atoms with Crippen LogP contribution in [0.4, 0.5) is 0 Å². The number of carbonyl (C=O) groups excluding carboxylic acids is 1. The van der Waals surface area contributed by atoms with Crippen molar-refractivity contribution in [2.45, 2.75) is 51.6 Å². The van der Waals surface area contributed by atoms with Gasteiger partial charge in [-0.15, -0.1) is 0 Å². The number of benzene rings is 1. The summed E-state index contributed by atoms with van der Waals surface area (Å²) < 4.78 is 5.70. The van der Waals surface area contributed by atoms with Gasteiger partial charge in [-0.1, -0.05) is 0 Å². The van der Waals surface area contributed by atoms with Gasteiger partial charge in [0.15, 0.2) is 5.78 Å². The molecule has 2 aliphatic rings. The van der Waals surface area contributed by atoms with Gasteiger partial charge in [0.25, 0.3) is 0 Å². The smallest absolute Gasteiger partial charge is 0.168 e. The first-order valence-corrected chi connectivity index (χ1v) is 8.39. The van der Waals surface area contributed by atoms with E-state index in [2.05, 4.69) is 6.92 Å². The van der Waals surface area contributed by atoms with Crippen molar-refractivity contribution in [3.63, 3.8) is 0 Å². The van der Waals surface area contributed by atoms with Crippen molar-refractivity contribution in [3.8, 4) is 5.75 Å². The number of quaternary nitrogens is 1. The monoisotopic (exact) mass is 323 g/mol. The topological polar surface area (TPSA) is 30.7 Å². The van der Waals surface area contributed by atoms with Crippen LogP contribution in [0.15, 0.2) is 18.2 Å². The maximum Gasteiger partial charge on any atom is 0.168 e. The summed E-state index contributed by atoms with van der Waals surface area (Å²) in [7, 11) is 0. The van der Waals surface area contributed by atoms with Crippen molar-refractivity contribution >= 4 is 5.78 Å². The van der Waals surface area contributed by atoms with Crippen molar-refractivity contribution < 1.29 is 26.8 Å². The molecule has 122 valence electrons. The van der Waals surface area contributed by atoms with Gasteiger partial charge in [-0.05, 0) is 56.4 Å². The SMILES string of the molecule is CC1Cc2cc(C(=O)CC[NH+]3CCCCCC3)ccc2O1.[Cl-]. The molecule has 2 heterocycles. The first-order chi connectivity index (χ1) is 10.2. The number of ether oxygens (including phenoxy) is 1. The zero-order chi connectivity index (χ0) is 14.7. The molecule has 1 unspecified atom stereocenters. The van der Waals surface area contributed by atoms with Gasteiger partial charge < -0.3 is 22.0 Å². The molecule has 0 saturated carbocycles. The zero-order valence-corrected chi connectivity index (χ0v) is 14.1. The Kier molecular flexibility index (Phi) is 6.27. The highest BCUT2D eigenvalue weighted by molar-refractivity contribution is 5.96. The molecule has 3 rings (SSSR count). The summed E-state index contributed by atoms with van der Waals surface area (Å²) in [6, 6.07) is 5.93. The van der Waals surface area contributed by atoms with E-state index in [4.69, 9.17) is 4.74 Å². The zero-order valence-electron chi connectivity index (χ0n) is 13.4. The molecule has 1 atom stereocenters. The quantitative estimate of drug-likeness (QED) is 0.724. The number of fused-ring (bicyclic) bond motifs is 1. The Balaban J connectivity index is 0.00000176. The molecule has 1 aromatic carbocycles. The minimum absolute atomic E-state index is 0. The molecule has 1 saturated heterocycles. The number of nitrogens with one attached hydrogen (secondary N) is 1. The third kappa shape index (κ3) is 4.23. The highest BCUT2D eigenvalue weighted by Gasteiger charge is 2.21. The van der Waals surface area contributed by atoms with E-state index in [1.807, 2.05) is 18.2 Å². The lowest BCUT2D eigenvalue weighted by Gasteiger charge is -2.16. The molecule has 0 amide bonds. The van der Waals surface area contributed by atoms with Crippen molar-refractivity contribution in [2.24, 2.45) is 0 Å². The van der Waals surface area contributed by atoms with Crippen LogP contribution >= 0.6 is 0 Å². The van der Waals surface area contributed by atoms with Crippen LogP contribution in [0.3, 0.4) is 0 Å². The van der Waals surface area contributed by atoms with E-state index in [0.717, 1.165) is 24.3 Å². The van der Waals surface area contributed by atoms with E-state index in [0.29, 0.717) is 6.42 Å². The summed E-state index contributed by atoms with van der Waals surface area (Å²) in [6.07, 6.45) is 7.20. The number of hydrogen-bond donors (Lipinski definition) is 1. The summed E-state index contributed by atoms with van der Waals surface area (Å²) in [5.74, 6) is 1.24. The van der Waals surface area contributed by atoms with Gasteiger partial charge in [-0.25, -0.2) is 0 Å². The molecule has 1 N–H and O–H groups in total. The van der Waals surface area contributed by atoms with Crippen LogP contribution < -0.4 is 22.0 Å². The number of halogens is 1. The lowest BCUT2D eigenvalue weighted by atomic mass is 10.0. The molecule has 0 aromatic heterocycles. The molecular formula is C18H26ClNO2. The van der Waals surface area contributed by atoms with E-state index < -0.39 is 0 Å². The fourth-order valence-corrected chi connectivity index (χ4v) is 3.51. The van der Waals surface area contributed by atoms with Gasteiger partial charge >= 0.3 is 0 Å². The molecular weight excluding hydrogens is 298 g/mol. The van der Waals surface area contributed by atoms with Crippen molar-refractivity contribution in [2.75, 3.05) is 19.6 Å². The van der Waals surface area contributed by atoms with Crippen molar-refractivity contribution in [1.82, 2.24) is 0 Å². The van der Waals surface area contributed by atoms with Crippen LogP contribution in [-0.2, 0) is 6.42 Å². The minimum Gasteiger partial charge on any atom is -1.00 e. The Morgan fingerprint density at radius 3 is 2.68 bits per heavy atom. The summed E-state index contributed by atoms with van der Waals surface area (Å²) >= 11 is 0. The third-order valence-electron chi connectivity index (χ3n) is 4.73. The maximum atomic E-state index is 12.4. The summed E-state index contributed by atoms with van der Waals surface area (Å²) in [6.45, 7) is 5.54. The number of rotatable bonds is 4. The predicted octanol–water partition coefficient (Wildman–Crippen LogP) is -0.954. The number of Topliss-reactive ketones (excluding diaryl/α,β-unsaturated/α-hetero) is 1. The van der Waals surface area contributed by atoms with Crippen molar-refractivity contribution in [1.29, 1.82) is 0 Å². The van der Waals surface area contributed by atoms with E-state index in [-0.39, 0.29) is 24.3 Å². The van der Waals surface area contributed by atoms with Crippen LogP contribution in [0, 0.1) is 0 Å². The standard InChI is InChI=1S/C18H25NO2.ClH/c1-14-12-16-13-15(6-7-18(16)21-14)17(20)8-11-19-9-4-2-3-5-10-19;/h6-7,13-14H,2-5,8-12H2,1H3;1H. The van der Waals surface area contributed by atoms with Gasteiger partial charge in [0.05, 0.1) is 26.1 Å². The first kappa shape index (κ1) is 17.3. The van der Waals surface area contributed by atoms with Gasteiger partial charge in [0.1, 0.15) is 11.9 Å². The molecule has 2 aliphatic heterocycles. The lowest BCUT2D eigenvalue weighted by Crippen LogP contribution is -3.11. The lowest BCUT2D eigenvalue weighted by molar-refractivity contribution is -0.898. The maximum absolute atomic E-state index is 12.4. The Labute approximate surface area is 139 Å². The highest BCUT2D eigenvalue weighted by atomic mass is 35.5. The largest absolute Gasteiger partial charge is 1.00 e.